The third-order valence-electron chi connectivity index (χ3n) is 5.01. The monoisotopic (exact) mass is 392 g/mol. The lowest BCUT2D eigenvalue weighted by atomic mass is 10.1. The molecule has 0 aliphatic carbocycles. The van der Waals surface area contributed by atoms with Gasteiger partial charge in [-0.1, -0.05) is 18.2 Å². The largest absolute Gasteiger partial charge is 0.379 e. The first-order valence-corrected chi connectivity index (χ1v) is 9.82. The van der Waals surface area contributed by atoms with E-state index in [1.165, 1.54) is 10.5 Å². The van der Waals surface area contributed by atoms with E-state index in [2.05, 4.69) is 15.6 Å². The van der Waals surface area contributed by atoms with Crippen LogP contribution < -0.4 is 16.2 Å². The summed E-state index contributed by atoms with van der Waals surface area (Å²) in [7, 11) is 0. The van der Waals surface area contributed by atoms with Gasteiger partial charge in [0.1, 0.15) is 5.65 Å². The number of anilines is 1. The number of rotatable bonds is 6. The second kappa shape index (κ2) is 8.45. The third kappa shape index (κ3) is 4.46. The van der Waals surface area contributed by atoms with Gasteiger partial charge in [0.2, 0.25) is 0 Å². The van der Waals surface area contributed by atoms with Crippen LogP contribution in [-0.2, 0) is 11.3 Å². The first-order chi connectivity index (χ1) is 14.1. The molecule has 3 aromatic rings. The van der Waals surface area contributed by atoms with E-state index >= 15 is 0 Å². The number of nitrogens with one attached hydrogen (secondary N) is 2. The summed E-state index contributed by atoms with van der Waals surface area (Å²) < 4.78 is 7.09. The van der Waals surface area contributed by atoms with Crippen molar-refractivity contribution in [2.24, 2.45) is 0 Å². The highest BCUT2D eigenvalue weighted by Crippen LogP contribution is 2.17. The zero-order valence-electron chi connectivity index (χ0n) is 16.4. The highest BCUT2D eigenvalue weighted by Gasteiger charge is 2.18. The SMILES string of the molecule is Cc1ccc2nc(CNc3ccccc3C(=O)NC[C@@H]3CCCO3)cc(=O)n2c1. The number of para-hydroxylation sites is 1. The highest BCUT2D eigenvalue weighted by molar-refractivity contribution is 5.99. The van der Waals surface area contributed by atoms with Gasteiger partial charge in [-0.2, -0.15) is 0 Å². The maximum absolute atomic E-state index is 12.6. The normalized spacial score (nSPS) is 16.1. The minimum Gasteiger partial charge on any atom is -0.379 e. The van der Waals surface area contributed by atoms with Gasteiger partial charge in [0, 0.05) is 31.1 Å². The first kappa shape index (κ1) is 19.1. The van der Waals surface area contributed by atoms with Crippen molar-refractivity contribution in [1.82, 2.24) is 14.7 Å². The van der Waals surface area contributed by atoms with Crippen LogP contribution >= 0.6 is 0 Å². The number of hydrogen-bond acceptors (Lipinski definition) is 5. The Morgan fingerprint density at radius 2 is 2.14 bits per heavy atom. The van der Waals surface area contributed by atoms with Gasteiger partial charge in [-0.05, 0) is 43.5 Å². The average Bonchev–Trinajstić information content (AvgIpc) is 3.25. The molecule has 0 radical (unpaired) electrons. The number of fused-ring (bicyclic) bond motifs is 1. The van der Waals surface area contributed by atoms with Crippen molar-refractivity contribution < 1.29 is 9.53 Å². The van der Waals surface area contributed by atoms with Gasteiger partial charge >= 0.3 is 0 Å². The second-order valence-electron chi connectivity index (χ2n) is 7.26. The number of aryl methyl sites for hydroxylation is 1. The summed E-state index contributed by atoms with van der Waals surface area (Å²) in [5.74, 6) is -0.148. The number of pyridine rings is 1. The molecule has 0 saturated carbocycles. The van der Waals surface area contributed by atoms with E-state index in [9.17, 15) is 9.59 Å². The predicted molar refractivity (Wildman–Crippen MR) is 111 cm³/mol. The Labute approximate surface area is 168 Å². The van der Waals surface area contributed by atoms with E-state index in [1.54, 1.807) is 12.3 Å². The van der Waals surface area contributed by atoms with Crippen molar-refractivity contribution in [3.8, 4) is 0 Å². The number of aromatic nitrogens is 2. The van der Waals surface area contributed by atoms with Crippen molar-refractivity contribution in [2.45, 2.75) is 32.4 Å². The lowest BCUT2D eigenvalue weighted by Gasteiger charge is -2.14. The highest BCUT2D eigenvalue weighted by atomic mass is 16.5. The van der Waals surface area contributed by atoms with E-state index in [0.29, 0.717) is 35.7 Å². The van der Waals surface area contributed by atoms with Crippen LogP contribution in [0.3, 0.4) is 0 Å². The Balaban J connectivity index is 1.47. The molecule has 2 aromatic heterocycles. The van der Waals surface area contributed by atoms with Gasteiger partial charge in [-0.3, -0.25) is 14.0 Å². The van der Waals surface area contributed by atoms with Crippen LogP contribution in [0, 0.1) is 6.92 Å². The first-order valence-electron chi connectivity index (χ1n) is 9.82. The minimum atomic E-state index is -0.148. The summed E-state index contributed by atoms with van der Waals surface area (Å²) in [6.45, 7) is 3.55. The van der Waals surface area contributed by atoms with E-state index in [0.717, 1.165) is 25.0 Å². The third-order valence-corrected chi connectivity index (χ3v) is 5.01. The van der Waals surface area contributed by atoms with E-state index in [4.69, 9.17) is 4.74 Å². The molecule has 0 bridgehead atoms. The molecule has 7 nitrogen and oxygen atoms in total. The predicted octanol–water partition coefficient (Wildman–Crippen LogP) is 2.52. The summed E-state index contributed by atoms with van der Waals surface area (Å²) in [6.07, 6.45) is 3.88. The van der Waals surface area contributed by atoms with Gasteiger partial charge in [-0.15, -0.1) is 0 Å². The molecule has 1 amide bonds. The minimum absolute atomic E-state index is 0.0949. The fourth-order valence-corrected chi connectivity index (χ4v) is 3.48. The molecule has 4 rings (SSSR count). The van der Waals surface area contributed by atoms with Crippen molar-refractivity contribution in [2.75, 3.05) is 18.5 Å². The zero-order valence-corrected chi connectivity index (χ0v) is 16.4. The molecular weight excluding hydrogens is 368 g/mol. The van der Waals surface area contributed by atoms with Gasteiger partial charge < -0.3 is 15.4 Å². The molecule has 1 aromatic carbocycles. The molecule has 29 heavy (non-hydrogen) atoms. The van der Waals surface area contributed by atoms with Crippen molar-refractivity contribution >= 4 is 17.2 Å². The number of hydrogen-bond donors (Lipinski definition) is 2. The van der Waals surface area contributed by atoms with Crippen LogP contribution in [0.15, 0.2) is 53.5 Å². The molecule has 2 N–H and O–H groups in total. The number of carbonyl (C=O) groups excluding carboxylic acids is 1. The molecular formula is C22H24N4O3. The quantitative estimate of drug-likeness (QED) is 0.673. The number of carbonyl (C=O) groups is 1. The number of ether oxygens (including phenoxy) is 1. The Morgan fingerprint density at radius 3 is 2.97 bits per heavy atom. The van der Waals surface area contributed by atoms with E-state index in [1.807, 2.05) is 37.3 Å². The Kier molecular flexibility index (Phi) is 5.57. The maximum atomic E-state index is 12.6. The topological polar surface area (TPSA) is 84.7 Å². The number of benzene rings is 1. The van der Waals surface area contributed by atoms with Crippen LogP contribution in [-0.4, -0.2) is 34.5 Å². The average molecular weight is 392 g/mol. The molecule has 150 valence electrons. The van der Waals surface area contributed by atoms with Crippen molar-refractivity contribution in [3.63, 3.8) is 0 Å². The molecule has 0 spiro atoms. The molecule has 3 heterocycles. The van der Waals surface area contributed by atoms with Gasteiger partial charge in [0.25, 0.3) is 11.5 Å². The molecule has 1 fully saturated rings. The summed E-state index contributed by atoms with van der Waals surface area (Å²) in [5.41, 5.74) is 3.34. The van der Waals surface area contributed by atoms with Crippen LogP contribution in [0.2, 0.25) is 0 Å². The molecule has 7 heteroatoms. The van der Waals surface area contributed by atoms with Crippen LogP contribution in [0.5, 0.6) is 0 Å². The summed E-state index contributed by atoms with van der Waals surface area (Å²) in [5, 5.41) is 6.18. The second-order valence-corrected chi connectivity index (χ2v) is 7.26. The van der Waals surface area contributed by atoms with Crippen molar-refractivity contribution in [1.29, 1.82) is 0 Å². The molecule has 1 saturated heterocycles. The Hall–Kier alpha value is -3.19. The molecule has 0 unspecified atom stereocenters. The zero-order chi connectivity index (χ0) is 20.2. The van der Waals surface area contributed by atoms with Gasteiger partial charge in [0.05, 0.1) is 23.9 Å². The standard InChI is InChI=1S/C22H24N4O3/c1-15-8-9-20-25-16(11-21(27)26(20)14-15)12-23-19-7-3-2-6-18(19)22(28)24-13-17-5-4-10-29-17/h2-3,6-9,11,14,17,23H,4-5,10,12-13H2,1H3,(H,24,28)/t17-/m0/s1. The summed E-state index contributed by atoms with van der Waals surface area (Å²) in [4.78, 5) is 29.5. The maximum Gasteiger partial charge on any atom is 0.258 e. The van der Waals surface area contributed by atoms with Crippen molar-refractivity contribution in [3.05, 3.63) is 75.8 Å². The van der Waals surface area contributed by atoms with Crippen LogP contribution in [0.1, 0.15) is 34.5 Å². The molecule has 1 atom stereocenters. The van der Waals surface area contributed by atoms with E-state index in [-0.39, 0.29) is 17.6 Å². The molecule has 1 aliphatic heterocycles. The Morgan fingerprint density at radius 1 is 1.28 bits per heavy atom. The fourth-order valence-electron chi connectivity index (χ4n) is 3.48. The Bertz CT molecular complexity index is 1090. The van der Waals surface area contributed by atoms with Gasteiger partial charge in [-0.25, -0.2) is 4.98 Å². The van der Waals surface area contributed by atoms with E-state index < -0.39 is 0 Å². The van der Waals surface area contributed by atoms with Crippen LogP contribution in [0.4, 0.5) is 5.69 Å². The number of amides is 1. The molecule has 1 aliphatic rings. The summed E-state index contributed by atoms with van der Waals surface area (Å²) >= 11 is 0. The summed E-state index contributed by atoms with van der Waals surface area (Å²) in [6, 6.07) is 12.6. The fraction of sp³-hybridized carbons (Fsp3) is 0.318. The van der Waals surface area contributed by atoms with Gasteiger partial charge in [0.15, 0.2) is 0 Å². The number of nitrogens with zero attached hydrogens (tertiary/aromatic N) is 2. The lowest BCUT2D eigenvalue weighted by molar-refractivity contribution is 0.0858. The smallest absolute Gasteiger partial charge is 0.258 e. The van der Waals surface area contributed by atoms with Crippen LogP contribution in [0.25, 0.3) is 5.65 Å². The lowest BCUT2D eigenvalue weighted by Crippen LogP contribution is -2.32.